The second kappa shape index (κ2) is 9.16. The highest BCUT2D eigenvalue weighted by Crippen LogP contribution is 2.13. The second-order valence-electron chi connectivity index (χ2n) is 5.27. The highest BCUT2D eigenvalue weighted by molar-refractivity contribution is 6.39. The van der Waals surface area contributed by atoms with Crippen LogP contribution in [0.4, 0.5) is 5.69 Å². The number of nitrogens with one attached hydrogen (secondary N) is 1. The molecule has 0 heterocycles. The Bertz CT molecular complexity index is 464. The normalized spacial score (nSPS) is 10.2. The molecule has 4 nitrogen and oxygen atoms in total. The van der Waals surface area contributed by atoms with Gasteiger partial charge in [0.25, 0.3) is 0 Å². The maximum absolute atomic E-state index is 12.3. The van der Waals surface area contributed by atoms with Gasteiger partial charge in [0, 0.05) is 18.8 Å². The zero-order chi connectivity index (χ0) is 15.7. The van der Waals surface area contributed by atoms with Gasteiger partial charge < -0.3 is 10.2 Å². The van der Waals surface area contributed by atoms with Crippen molar-refractivity contribution in [2.75, 3.05) is 18.4 Å². The number of amides is 2. The van der Waals surface area contributed by atoms with Gasteiger partial charge in [-0.2, -0.15) is 0 Å². The Morgan fingerprint density at radius 3 is 2.14 bits per heavy atom. The predicted octanol–water partition coefficient (Wildman–Crippen LogP) is 3.36. The molecule has 0 aliphatic heterocycles. The number of benzene rings is 1. The minimum Gasteiger partial charge on any atom is -0.334 e. The van der Waals surface area contributed by atoms with Crippen LogP contribution >= 0.6 is 0 Å². The van der Waals surface area contributed by atoms with Crippen molar-refractivity contribution in [2.24, 2.45) is 0 Å². The van der Waals surface area contributed by atoms with Crippen LogP contribution in [0.15, 0.2) is 24.3 Å². The minimum absolute atomic E-state index is 0.430. The van der Waals surface area contributed by atoms with Gasteiger partial charge in [-0.15, -0.1) is 0 Å². The molecule has 21 heavy (non-hydrogen) atoms. The quantitative estimate of drug-likeness (QED) is 0.783. The van der Waals surface area contributed by atoms with Gasteiger partial charge in [0.1, 0.15) is 0 Å². The van der Waals surface area contributed by atoms with E-state index in [4.69, 9.17) is 0 Å². The molecule has 0 fully saturated rings. The molecule has 0 atom stereocenters. The molecule has 116 valence electrons. The molecule has 2 amide bonds. The van der Waals surface area contributed by atoms with Crippen molar-refractivity contribution in [3.05, 3.63) is 29.8 Å². The van der Waals surface area contributed by atoms with Crippen LogP contribution in [0.25, 0.3) is 0 Å². The summed E-state index contributed by atoms with van der Waals surface area (Å²) in [5.41, 5.74) is 1.65. The number of hydrogen-bond donors (Lipinski definition) is 1. The van der Waals surface area contributed by atoms with E-state index >= 15 is 0 Å². The zero-order valence-electron chi connectivity index (χ0n) is 13.3. The first-order valence-electron chi connectivity index (χ1n) is 7.76. The van der Waals surface area contributed by atoms with Crippen molar-refractivity contribution in [3.8, 4) is 0 Å². The van der Waals surface area contributed by atoms with Crippen molar-refractivity contribution in [3.63, 3.8) is 0 Å². The third-order valence-corrected chi connectivity index (χ3v) is 3.44. The highest BCUT2D eigenvalue weighted by Gasteiger charge is 2.21. The molecule has 1 aromatic rings. The van der Waals surface area contributed by atoms with E-state index in [1.807, 2.05) is 31.2 Å². The van der Waals surface area contributed by atoms with E-state index in [-0.39, 0.29) is 0 Å². The summed E-state index contributed by atoms with van der Waals surface area (Å²) in [6.45, 7) is 7.37. The predicted molar refractivity (Wildman–Crippen MR) is 86.2 cm³/mol. The monoisotopic (exact) mass is 290 g/mol. The van der Waals surface area contributed by atoms with Gasteiger partial charge in [-0.1, -0.05) is 44.9 Å². The summed E-state index contributed by atoms with van der Waals surface area (Å²) in [4.78, 5) is 26.1. The average molecular weight is 290 g/mol. The molecule has 0 aromatic heterocycles. The first-order valence-corrected chi connectivity index (χ1v) is 7.76. The lowest BCUT2D eigenvalue weighted by Gasteiger charge is -2.22. The Kier molecular flexibility index (Phi) is 7.51. The summed E-state index contributed by atoms with van der Waals surface area (Å²) in [6, 6.07) is 7.47. The Morgan fingerprint density at radius 1 is 1.05 bits per heavy atom. The number of nitrogens with zero attached hydrogens (tertiary/aromatic N) is 1. The smallest absolute Gasteiger partial charge is 0.313 e. The molecule has 0 unspecified atom stereocenters. The number of carbonyl (C=O) groups excluding carboxylic acids is 2. The van der Waals surface area contributed by atoms with Gasteiger partial charge >= 0.3 is 11.8 Å². The summed E-state index contributed by atoms with van der Waals surface area (Å²) in [6.07, 6.45) is 3.87. The standard InChI is InChI=1S/C17H26N2O2/c1-4-6-12-19(13-7-5-2)17(21)16(20)18-15-11-9-8-10-14(15)3/h8-11H,4-7,12-13H2,1-3H3,(H,18,20). The minimum atomic E-state index is -0.545. The van der Waals surface area contributed by atoms with Gasteiger partial charge in [0.2, 0.25) is 0 Å². The first kappa shape index (κ1) is 17.2. The molecule has 4 heteroatoms. The summed E-state index contributed by atoms with van der Waals surface area (Å²) in [7, 11) is 0. The number of carbonyl (C=O) groups is 2. The Hall–Kier alpha value is -1.84. The number of para-hydroxylation sites is 1. The number of unbranched alkanes of at least 4 members (excludes halogenated alkanes) is 2. The van der Waals surface area contributed by atoms with Gasteiger partial charge in [-0.05, 0) is 31.4 Å². The molecular weight excluding hydrogens is 264 g/mol. The van der Waals surface area contributed by atoms with E-state index < -0.39 is 11.8 Å². The lowest BCUT2D eigenvalue weighted by atomic mass is 10.2. The van der Waals surface area contributed by atoms with Crippen molar-refractivity contribution >= 4 is 17.5 Å². The van der Waals surface area contributed by atoms with Crippen LogP contribution in [0.1, 0.15) is 45.1 Å². The van der Waals surface area contributed by atoms with Crippen LogP contribution < -0.4 is 5.32 Å². The van der Waals surface area contributed by atoms with Gasteiger partial charge in [-0.3, -0.25) is 9.59 Å². The molecule has 0 radical (unpaired) electrons. The van der Waals surface area contributed by atoms with Crippen molar-refractivity contribution < 1.29 is 9.59 Å². The molecule has 0 spiro atoms. The number of hydrogen-bond acceptors (Lipinski definition) is 2. The van der Waals surface area contributed by atoms with E-state index in [0.717, 1.165) is 31.2 Å². The van der Waals surface area contributed by atoms with Gasteiger partial charge in [0.15, 0.2) is 0 Å². The SMILES string of the molecule is CCCCN(CCCC)C(=O)C(=O)Nc1ccccc1C. The fourth-order valence-corrected chi connectivity index (χ4v) is 2.05. The van der Waals surface area contributed by atoms with Gasteiger partial charge in [-0.25, -0.2) is 0 Å². The molecular formula is C17H26N2O2. The summed E-state index contributed by atoms with van der Waals surface area (Å²) in [5.74, 6) is -0.975. The summed E-state index contributed by atoms with van der Waals surface area (Å²) < 4.78 is 0. The topological polar surface area (TPSA) is 49.4 Å². The van der Waals surface area contributed by atoms with E-state index in [1.54, 1.807) is 4.90 Å². The molecule has 1 N–H and O–H groups in total. The van der Waals surface area contributed by atoms with Crippen LogP contribution in [-0.4, -0.2) is 29.8 Å². The van der Waals surface area contributed by atoms with Crippen molar-refractivity contribution in [1.29, 1.82) is 0 Å². The Morgan fingerprint density at radius 2 is 1.62 bits per heavy atom. The summed E-state index contributed by atoms with van der Waals surface area (Å²) >= 11 is 0. The van der Waals surface area contributed by atoms with E-state index in [1.165, 1.54) is 0 Å². The van der Waals surface area contributed by atoms with Gasteiger partial charge in [0.05, 0.1) is 0 Å². The van der Waals surface area contributed by atoms with E-state index in [9.17, 15) is 9.59 Å². The average Bonchev–Trinajstić information content (AvgIpc) is 2.49. The zero-order valence-corrected chi connectivity index (χ0v) is 13.3. The largest absolute Gasteiger partial charge is 0.334 e. The first-order chi connectivity index (χ1) is 10.1. The maximum atomic E-state index is 12.3. The van der Waals surface area contributed by atoms with E-state index in [0.29, 0.717) is 18.8 Å². The van der Waals surface area contributed by atoms with E-state index in [2.05, 4.69) is 19.2 Å². The fourth-order valence-electron chi connectivity index (χ4n) is 2.05. The molecule has 1 aromatic carbocycles. The maximum Gasteiger partial charge on any atom is 0.313 e. The number of aryl methyl sites for hydroxylation is 1. The molecule has 0 aliphatic rings. The number of anilines is 1. The Labute approximate surface area is 127 Å². The molecule has 0 saturated carbocycles. The van der Waals surface area contributed by atoms with Crippen LogP contribution in [-0.2, 0) is 9.59 Å². The van der Waals surface area contributed by atoms with Crippen LogP contribution in [0, 0.1) is 6.92 Å². The molecule has 0 saturated heterocycles. The van der Waals surface area contributed by atoms with Crippen LogP contribution in [0.3, 0.4) is 0 Å². The van der Waals surface area contributed by atoms with Crippen molar-refractivity contribution in [2.45, 2.75) is 46.5 Å². The lowest BCUT2D eigenvalue weighted by Crippen LogP contribution is -2.40. The fraction of sp³-hybridized carbons (Fsp3) is 0.529. The number of rotatable bonds is 7. The van der Waals surface area contributed by atoms with Crippen molar-refractivity contribution in [1.82, 2.24) is 4.90 Å². The molecule has 1 rings (SSSR count). The highest BCUT2D eigenvalue weighted by atomic mass is 16.2. The second-order valence-corrected chi connectivity index (χ2v) is 5.27. The lowest BCUT2D eigenvalue weighted by molar-refractivity contribution is -0.143. The Balaban J connectivity index is 2.68. The van der Waals surface area contributed by atoms with Crippen LogP contribution in [0.2, 0.25) is 0 Å². The third kappa shape index (κ3) is 5.58. The molecule has 0 aliphatic carbocycles. The third-order valence-electron chi connectivity index (χ3n) is 3.44. The molecule has 0 bridgehead atoms. The van der Waals surface area contributed by atoms with Crippen LogP contribution in [0.5, 0.6) is 0 Å². The summed E-state index contributed by atoms with van der Waals surface area (Å²) in [5, 5.41) is 2.71.